The van der Waals surface area contributed by atoms with Crippen molar-refractivity contribution in [3.05, 3.63) is 71.3 Å². The highest BCUT2D eigenvalue weighted by molar-refractivity contribution is 5.61. The molecule has 0 radical (unpaired) electrons. The van der Waals surface area contributed by atoms with Gasteiger partial charge in [0.1, 0.15) is 5.75 Å². The minimum atomic E-state index is -0.615. The van der Waals surface area contributed by atoms with Crippen LogP contribution in [0.5, 0.6) is 5.75 Å². The van der Waals surface area contributed by atoms with Gasteiger partial charge in [0.2, 0.25) is 0 Å². The summed E-state index contributed by atoms with van der Waals surface area (Å²) in [6, 6.07) is 17.0. The zero-order chi connectivity index (χ0) is 35.7. The summed E-state index contributed by atoms with van der Waals surface area (Å²) in [5, 5.41) is 47.0. The maximum absolute atomic E-state index is 12.2. The molecule has 5 saturated carbocycles. The molecule has 2 aromatic carbocycles. The first-order valence-electron chi connectivity index (χ1n) is 21.4. The van der Waals surface area contributed by atoms with E-state index < -0.39 is 5.60 Å². The van der Waals surface area contributed by atoms with Gasteiger partial charge in [-0.1, -0.05) is 62.4 Å². The van der Waals surface area contributed by atoms with Crippen LogP contribution < -0.4 is 0 Å². The van der Waals surface area contributed by atoms with Gasteiger partial charge in [-0.05, 0) is 176 Å². The number of piperidine rings is 2. The fraction of sp³-hybridized carbons (Fsp3) is 0.702. The molecule has 0 amide bonds. The number of hydrogen-bond donors (Lipinski definition) is 4. The molecule has 1 spiro atoms. The van der Waals surface area contributed by atoms with Gasteiger partial charge in [-0.2, -0.15) is 0 Å². The van der Waals surface area contributed by atoms with E-state index in [1.54, 1.807) is 6.07 Å². The predicted octanol–water partition coefficient (Wildman–Crippen LogP) is 8.26. The first kappa shape index (κ1) is 34.3. The molecule has 10 rings (SSSR count). The number of phenols is 1. The first-order valence-corrected chi connectivity index (χ1v) is 21.4. The summed E-state index contributed by atoms with van der Waals surface area (Å²) in [7, 11) is 0. The Hall–Kier alpha value is -2.18. The second-order valence-corrected chi connectivity index (χ2v) is 20.4. The van der Waals surface area contributed by atoms with E-state index in [1.165, 1.54) is 36.0 Å². The SMILES string of the molecule is CC1CCC2N(C1)CC1C3CC4C(CC(O)C5CC(O)C6(CCC(C7C=Cc8ccccc8C7c7cccc(O)c7)C6)CC54C)C3CCC1C2(C)O. The highest BCUT2D eigenvalue weighted by Crippen LogP contribution is 2.71. The molecule has 0 bridgehead atoms. The van der Waals surface area contributed by atoms with E-state index in [0.29, 0.717) is 65.1 Å². The van der Waals surface area contributed by atoms with E-state index in [2.05, 4.69) is 68.2 Å². The Morgan fingerprint density at radius 3 is 2.48 bits per heavy atom. The van der Waals surface area contributed by atoms with Crippen LogP contribution in [-0.2, 0) is 0 Å². The lowest BCUT2D eigenvalue weighted by atomic mass is 9.46. The number of aliphatic hydroxyl groups is 3. The van der Waals surface area contributed by atoms with Gasteiger partial charge in [0, 0.05) is 25.0 Å². The highest BCUT2D eigenvalue weighted by atomic mass is 16.3. The van der Waals surface area contributed by atoms with E-state index in [-0.39, 0.29) is 34.9 Å². The lowest BCUT2D eigenvalue weighted by molar-refractivity contribution is -0.180. The standard InChI is InChI=1S/C47H63NO4/c1-27-11-16-42-46(3,52)38-15-14-34-35(37(38)25-48(42)24-27)20-39-36(34)21-41(50)40-22-43(51)47(26-45(39,40)2)18-17-30(23-47)33-13-12-28-7-4-5-10-32(28)44(33)29-8-6-9-31(49)19-29/h4-10,12-13,19,27,30,33-44,49-52H,11,14-18,20-26H2,1-3H3. The normalized spacial score (nSPS) is 50.8. The van der Waals surface area contributed by atoms with Crippen LogP contribution >= 0.6 is 0 Å². The highest BCUT2D eigenvalue weighted by Gasteiger charge is 2.67. The number of fused-ring (bicyclic) bond motifs is 9. The molecule has 2 saturated heterocycles. The molecule has 4 N–H and O–H groups in total. The fourth-order valence-corrected chi connectivity index (χ4v) is 16.0. The van der Waals surface area contributed by atoms with E-state index in [1.807, 2.05) is 12.1 Å². The number of allylic oxidation sites excluding steroid dienone is 1. The number of nitrogens with zero attached hydrogens (tertiary/aromatic N) is 1. The van der Waals surface area contributed by atoms with E-state index in [0.717, 1.165) is 64.5 Å². The Bertz CT molecular complexity index is 1720. The number of hydrogen-bond acceptors (Lipinski definition) is 5. The number of rotatable bonds is 2. The number of benzene rings is 2. The van der Waals surface area contributed by atoms with E-state index in [9.17, 15) is 20.4 Å². The van der Waals surface area contributed by atoms with Crippen LogP contribution in [0, 0.1) is 70.0 Å². The number of phenolic OH excluding ortho intramolecular Hbond substituents is 1. The monoisotopic (exact) mass is 705 g/mol. The molecule has 280 valence electrons. The Labute approximate surface area is 311 Å². The van der Waals surface area contributed by atoms with Gasteiger partial charge in [-0.25, -0.2) is 0 Å². The van der Waals surface area contributed by atoms with Crippen molar-refractivity contribution in [2.24, 2.45) is 70.0 Å². The maximum atomic E-state index is 12.2. The zero-order valence-corrected chi connectivity index (χ0v) is 31.8. The van der Waals surface area contributed by atoms with Crippen molar-refractivity contribution in [3.63, 3.8) is 0 Å². The Morgan fingerprint density at radius 2 is 1.63 bits per heavy atom. The topological polar surface area (TPSA) is 84.2 Å². The molecular weight excluding hydrogens is 643 g/mol. The van der Waals surface area contributed by atoms with Crippen LogP contribution in [0.2, 0.25) is 0 Å². The molecule has 17 unspecified atom stereocenters. The summed E-state index contributed by atoms with van der Waals surface area (Å²) in [4.78, 5) is 2.70. The van der Waals surface area contributed by atoms with Crippen LogP contribution in [0.1, 0.15) is 114 Å². The largest absolute Gasteiger partial charge is 0.508 e. The minimum Gasteiger partial charge on any atom is -0.508 e. The van der Waals surface area contributed by atoms with Gasteiger partial charge in [-0.15, -0.1) is 0 Å². The van der Waals surface area contributed by atoms with E-state index >= 15 is 0 Å². The molecule has 2 aliphatic heterocycles. The van der Waals surface area contributed by atoms with Crippen molar-refractivity contribution >= 4 is 6.08 Å². The van der Waals surface area contributed by atoms with Gasteiger partial charge in [0.25, 0.3) is 0 Å². The summed E-state index contributed by atoms with van der Waals surface area (Å²) in [5.74, 6) is 5.50. The molecule has 5 nitrogen and oxygen atoms in total. The zero-order valence-electron chi connectivity index (χ0n) is 31.8. The summed E-state index contributed by atoms with van der Waals surface area (Å²) < 4.78 is 0. The van der Waals surface area contributed by atoms with Crippen molar-refractivity contribution in [1.29, 1.82) is 0 Å². The van der Waals surface area contributed by atoms with Gasteiger partial charge in [0.15, 0.2) is 0 Å². The molecule has 5 heteroatoms. The lowest BCUT2D eigenvalue weighted by Gasteiger charge is -2.60. The molecular formula is C47H63NO4. The molecule has 6 aliphatic carbocycles. The van der Waals surface area contributed by atoms with Crippen molar-refractivity contribution in [2.45, 2.75) is 121 Å². The minimum absolute atomic E-state index is 0.0161. The average molecular weight is 706 g/mol. The van der Waals surface area contributed by atoms with Crippen LogP contribution in [0.3, 0.4) is 0 Å². The molecule has 2 heterocycles. The molecule has 17 atom stereocenters. The van der Waals surface area contributed by atoms with Crippen molar-refractivity contribution in [1.82, 2.24) is 4.90 Å². The summed E-state index contributed by atoms with van der Waals surface area (Å²) in [5.41, 5.74) is 3.07. The third kappa shape index (κ3) is 5.00. The van der Waals surface area contributed by atoms with Crippen LogP contribution in [0.4, 0.5) is 0 Å². The maximum Gasteiger partial charge on any atom is 0.115 e. The average Bonchev–Trinajstić information content (AvgIpc) is 3.72. The summed E-state index contributed by atoms with van der Waals surface area (Å²) >= 11 is 0. The second kappa shape index (κ2) is 12.2. The Balaban J connectivity index is 0.942. The van der Waals surface area contributed by atoms with Gasteiger partial charge >= 0.3 is 0 Å². The molecule has 8 aliphatic rings. The third-order valence-electron chi connectivity index (χ3n) is 18.1. The Morgan fingerprint density at radius 1 is 0.788 bits per heavy atom. The smallest absolute Gasteiger partial charge is 0.115 e. The predicted molar refractivity (Wildman–Crippen MR) is 205 cm³/mol. The van der Waals surface area contributed by atoms with Crippen molar-refractivity contribution in [2.75, 3.05) is 13.1 Å². The van der Waals surface area contributed by atoms with Gasteiger partial charge in [0.05, 0.1) is 17.8 Å². The fourth-order valence-electron chi connectivity index (χ4n) is 16.0. The summed E-state index contributed by atoms with van der Waals surface area (Å²) in [6.45, 7) is 9.42. The quantitative estimate of drug-likeness (QED) is 0.253. The molecule has 0 aromatic heterocycles. The second-order valence-electron chi connectivity index (χ2n) is 20.4. The lowest BCUT2D eigenvalue weighted by Crippen LogP contribution is -2.67. The third-order valence-corrected chi connectivity index (χ3v) is 18.1. The van der Waals surface area contributed by atoms with Crippen molar-refractivity contribution in [3.8, 4) is 5.75 Å². The first-order chi connectivity index (χ1) is 25.0. The van der Waals surface area contributed by atoms with E-state index in [4.69, 9.17) is 0 Å². The molecule has 2 aromatic rings. The number of aromatic hydroxyl groups is 1. The number of aliphatic hydroxyl groups excluding tert-OH is 2. The van der Waals surface area contributed by atoms with Crippen LogP contribution in [-0.4, -0.2) is 62.3 Å². The molecule has 7 fully saturated rings. The summed E-state index contributed by atoms with van der Waals surface area (Å²) in [6.07, 6.45) is 15.9. The van der Waals surface area contributed by atoms with Gasteiger partial charge < -0.3 is 20.4 Å². The Kier molecular flexibility index (Phi) is 8.03. The van der Waals surface area contributed by atoms with Crippen LogP contribution in [0.15, 0.2) is 54.6 Å². The van der Waals surface area contributed by atoms with Gasteiger partial charge in [-0.3, -0.25) is 4.90 Å². The van der Waals surface area contributed by atoms with Crippen molar-refractivity contribution < 1.29 is 20.4 Å². The molecule has 52 heavy (non-hydrogen) atoms. The van der Waals surface area contributed by atoms with Crippen LogP contribution in [0.25, 0.3) is 6.08 Å².